The summed E-state index contributed by atoms with van der Waals surface area (Å²) in [6.07, 6.45) is -0.358. The summed E-state index contributed by atoms with van der Waals surface area (Å²) in [5.74, 6) is 0. The van der Waals surface area contributed by atoms with Gasteiger partial charge in [-0.25, -0.2) is 0 Å². The summed E-state index contributed by atoms with van der Waals surface area (Å²) in [6, 6.07) is 6.59. The van der Waals surface area contributed by atoms with Crippen LogP contribution in [0.2, 0.25) is 0 Å². The van der Waals surface area contributed by atoms with Crippen LogP contribution < -0.4 is 4.47 Å². The summed E-state index contributed by atoms with van der Waals surface area (Å²) in [6.45, 7) is 5.23. The van der Waals surface area contributed by atoms with E-state index in [1.165, 1.54) is 0 Å². The zero-order valence-corrected chi connectivity index (χ0v) is 10.2. The number of hydrogen-bond acceptors (Lipinski definition) is 3. The molecule has 1 N–H and O–H groups in total. The number of hydrogen-bond donors (Lipinski definition) is 1. The molecule has 0 fully saturated rings. The van der Waals surface area contributed by atoms with Gasteiger partial charge in [-0.05, 0) is 32.9 Å². The van der Waals surface area contributed by atoms with E-state index in [9.17, 15) is 8.42 Å². The maximum absolute atomic E-state index is 11.1. The van der Waals surface area contributed by atoms with Gasteiger partial charge in [-0.3, -0.25) is 9.39 Å². The minimum atomic E-state index is -4.41. The molecule has 0 saturated carbocycles. The van der Waals surface area contributed by atoms with Crippen molar-refractivity contribution in [3.8, 4) is 0 Å². The molecule has 6 heteroatoms. The maximum Gasteiger partial charge on any atom is 0.382 e. The van der Waals surface area contributed by atoms with Crippen LogP contribution in [0.25, 0.3) is 0 Å². The Morgan fingerprint density at radius 3 is 2.12 bits per heavy atom. The lowest BCUT2D eigenvalue weighted by Crippen LogP contribution is -2.33. The molecule has 0 aliphatic carbocycles. The summed E-state index contributed by atoms with van der Waals surface area (Å²) < 4.78 is 31.8. The monoisotopic (exact) mass is 245 g/mol. The lowest BCUT2D eigenvalue weighted by Gasteiger charge is -2.22. The highest BCUT2D eigenvalue weighted by Gasteiger charge is 2.21. The van der Waals surface area contributed by atoms with Crippen molar-refractivity contribution < 1.29 is 17.8 Å². The average Bonchev–Trinajstić information content (AvgIpc) is 2.14. The van der Waals surface area contributed by atoms with Crippen LogP contribution in [-0.2, 0) is 15.1 Å². The first-order valence-electron chi connectivity index (χ1n) is 4.82. The van der Waals surface area contributed by atoms with E-state index in [0.717, 1.165) is 5.56 Å². The van der Waals surface area contributed by atoms with E-state index in [1.54, 1.807) is 38.1 Å². The van der Waals surface area contributed by atoms with Crippen LogP contribution in [0.1, 0.15) is 19.4 Å². The molecule has 0 spiro atoms. The van der Waals surface area contributed by atoms with Crippen molar-refractivity contribution in [2.24, 2.45) is 0 Å². The van der Waals surface area contributed by atoms with Crippen LogP contribution in [0.4, 0.5) is 5.69 Å². The first-order valence-corrected chi connectivity index (χ1v) is 6.21. The van der Waals surface area contributed by atoms with Crippen LogP contribution in [0.5, 0.6) is 0 Å². The Kier molecular flexibility index (Phi) is 3.90. The van der Waals surface area contributed by atoms with Crippen molar-refractivity contribution >= 4 is 16.0 Å². The van der Waals surface area contributed by atoms with Crippen LogP contribution >= 0.6 is 0 Å². The highest BCUT2D eigenvalue weighted by molar-refractivity contribution is 7.87. The first-order chi connectivity index (χ1) is 7.30. The van der Waals surface area contributed by atoms with Gasteiger partial charge in [0.15, 0.2) is 0 Å². The fourth-order valence-electron chi connectivity index (χ4n) is 1.11. The molecule has 0 aliphatic heterocycles. The molecule has 0 heterocycles. The van der Waals surface area contributed by atoms with Crippen molar-refractivity contribution in [1.82, 2.24) is 0 Å². The second-order valence-corrected chi connectivity index (χ2v) is 4.92. The number of aryl methyl sites for hydroxylation is 1. The van der Waals surface area contributed by atoms with Crippen molar-refractivity contribution in [3.63, 3.8) is 0 Å². The molecule has 16 heavy (non-hydrogen) atoms. The van der Waals surface area contributed by atoms with Gasteiger partial charge in [0.2, 0.25) is 0 Å². The highest BCUT2D eigenvalue weighted by atomic mass is 32.2. The zero-order chi connectivity index (χ0) is 12.3. The van der Waals surface area contributed by atoms with Crippen LogP contribution in [0.15, 0.2) is 24.3 Å². The Bertz CT molecular complexity index is 438. The first kappa shape index (κ1) is 13.0. The standard InChI is InChI=1S/C10H15NO4S/c1-8(2)15-11(16(12,13)14)10-6-4-9(3)5-7-10/h4-8H,1-3H3,(H,12,13,14). The minimum absolute atomic E-state index is 0.266. The predicted octanol–water partition coefficient (Wildman–Crippen LogP) is 1.94. The number of nitrogens with zero attached hydrogens (tertiary/aromatic N) is 1. The molecule has 0 bridgehead atoms. The minimum Gasteiger partial charge on any atom is -0.267 e. The highest BCUT2D eigenvalue weighted by Crippen LogP contribution is 2.19. The molecule has 0 amide bonds. The summed E-state index contributed by atoms with van der Waals surface area (Å²) in [4.78, 5) is 5.04. The third kappa shape index (κ3) is 3.48. The van der Waals surface area contributed by atoms with Gasteiger partial charge in [0, 0.05) is 0 Å². The molecule has 1 aromatic carbocycles. The number of rotatable bonds is 4. The van der Waals surface area contributed by atoms with Crippen LogP contribution in [-0.4, -0.2) is 19.1 Å². The van der Waals surface area contributed by atoms with Gasteiger partial charge in [0.1, 0.15) is 0 Å². The molecule has 0 saturated heterocycles. The van der Waals surface area contributed by atoms with E-state index in [4.69, 9.17) is 9.39 Å². The van der Waals surface area contributed by atoms with Gasteiger partial charge in [0.25, 0.3) is 0 Å². The third-order valence-electron chi connectivity index (χ3n) is 1.76. The van der Waals surface area contributed by atoms with Gasteiger partial charge in [0.05, 0.1) is 11.8 Å². The van der Waals surface area contributed by atoms with Gasteiger partial charge in [-0.15, -0.1) is 4.47 Å². The lowest BCUT2D eigenvalue weighted by molar-refractivity contribution is 0.0866. The summed E-state index contributed by atoms with van der Waals surface area (Å²) in [7, 11) is -4.41. The quantitative estimate of drug-likeness (QED) is 0.650. The van der Waals surface area contributed by atoms with Gasteiger partial charge >= 0.3 is 10.3 Å². The van der Waals surface area contributed by atoms with Crippen molar-refractivity contribution in [2.45, 2.75) is 26.9 Å². The summed E-state index contributed by atoms with van der Waals surface area (Å²) in [5, 5.41) is 0. The van der Waals surface area contributed by atoms with Crippen molar-refractivity contribution in [3.05, 3.63) is 29.8 Å². The van der Waals surface area contributed by atoms with E-state index < -0.39 is 10.3 Å². The van der Waals surface area contributed by atoms with Crippen molar-refractivity contribution in [1.29, 1.82) is 0 Å². The third-order valence-corrected chi connectivity index (χ3v) is 2.48. The maximum atomic E-state index is 11.1. The van der Waals surface area contributed by atoms with Crippen molar-refractivity contribution in [2.75, 3.05) is 4.47 Å². The number of benzene rings is 1. The lowest BCUT2D eigenvalue weighted by atomic mass is 10.2. The topological polar surface area (TPSA) is 66.8 Å². The Labute approximate surface area is 95.5 Å². The van der Waals surface area contributed by atoms with Gasteiger partial charge in [-0.2, -0.15) is 8.42 Å². The molecule has 90 valence electrons. The average molecular weight is 245 g/mol. The van der Waals surface area contributed by atoms with Crippen LogP contribution in [0, 0.1) is 6.92 Å². The van der Waals surface area contributed by atoms with E-state index in [-0.39, 0.29) is 11.8 Å². The smallest absolute Gasteiger partial charge is 0.267 e. The summed E-state index contributed by atoms with van der Waals surface area (Å²) >= 11 is 0. The Balaban J connectivity index is 3.07. The van der Waals surface area contributed by atoms with E-state index in [1.807, 2.05) is 6.92 Å². The van der Waals surface area contributed by atoms with Gasteiger partial charge < -0.3 is 0 Å². The SMILES string of the molecule is Cc1ccc(N(OC(C)C)S(=O)(=O)O)cc1. The second kappa shape index (κ2) is 4.82. The molecule has 0 aromatic heterocycles. The molecule has 0 radical (unpaired) electrons. The second-order valence-electron chi connectivity index (χ2n) is 3.69. The Morgan fingerprint density at radius 2 is 1.75 bits per heavy atom. The molecule has 1 rings (SSSR count). The molecular formula is C10H15NO4S. The molecule has 0 aliphatic rings. The normalized spacial score (nSPS) is 11.8. The van der Waals surface area contributed by atoms with E-state index in [2.05, 4.69) is 0 Å². The van der Waals surface area contributed by atoms with E-state index >= 15 is 0 Å². The summed E-state index contributed by atoms with van der Waals surface area (Å²) in [5.41, 5.74) is 1.25. The van der Waals surface area contributed by atoms with Crippen LogP contribution in [0.3, 0.4) is 0 Å². The fourth-order valence-corrected chi connectivity index (χ4v) is 1.78. The van der Waals surface area contributed by atoms with E-state index in [0.29, 0.717) is 4.47 Å². The largest absolute Gasteiger partial charge is 0.382 e. The van der Waals surface area contributed by atoms with Gasteiger partial charge in [-0.1, -0.05) is 17.7 Å². The molecule has 5 nitrogen and oxygen atoms in total. The number of anilines is 1. The molecule has 0 atom stereocenters. The molecular weight excluding hydrogens is 230 g/mol. The Morgan fingerprint density at radius 1 is 1.25 bits per heavy atom. The molecule has 0 unspecified atom stereocenters. The zero-order valence-electron chi connectivity index (χ0n) is 9.41. The predicted molar refractivity (Wildman–Crippen MR) is 61.4 cm³/mol. The Hall–Kier alpha value is -1.11. The fraction of sp³-hybridized carbons (Fsp3) is 0.400. The molecule has 1 aromatic rings.